The number of rotatable bonds is 7. The molecule has 3 heterocycles. The normalized spacial score (nSPS) is 26.6. The number of hydrogen-bond acceptors (Lipinski definition) is 6. The fraction of sp³-hybridized carbons (Fsp3) is 0.667. The van der Waals surface area contributed by atoms with Gasteiger partial charge in [-0.25, -0.2) is 0 Å². The molecule has 0 bridgehead atoms. The Bertz CT molecular complexity index is 1200. The van der Waals surface area contributed by atoms with Crippen LogP contribution in [-0.2, 0) is 32.2 Å². The van der Waals surface area contributed by atoms with Crippen LogP contribution in [0.25, 0.3) is 0 Å². The van der Waals surface area contributed by atoms with Crippen LogP contribution in [0.1, 0.15) is 93.1 Å². The minimum absolute atomic E-state index is 0.0105. The van der Waals surface area contributed by atoms with Crippen LogP contribution in [0.2, 0.25) is 0 Å². The van der Waals surface area contributed by atoms with Crippen LogP contribution in [0.15, 0.2) is 18.2 Å². The Balaban J connectivity index is 1.26. The second-order valence-electron chi connectivity index (χ2n) is 12.3. The van der Waals surface area contributed by atoms with Gasteiger partial charge >= 0.3 is 5.92 Å². The number of carbonyl (C=O) groups is 4. The molecule has 1 spiro atoms. The van der Waals surface area contributed by atoms with Crippen LogP contribution >= 0.6 is 0 Å². The summed E-state index contributed by atoms with van der Waals surface area (Å²) >= 11 is 0. The molecule has 1 aliphatic carbocycles. The van der Waals surface area contributed by atoms with E-state index in [1.54, 1.807) is 18.2 Å². The van der Waals surface area contributed by atoms with E-state index in [2.05, 4.69) is 16.0 Å². The third kappa shape index (κ3) is 6.02. The lowest BCUT2D eigenvalue weighted by molar-refractivity contribution is -0.167. The van der Waals surface area contributed by atoms with Crippen LogP contribution in [0.4, 0.5) is 8.78 Å². The van der Waals surface area contributed by atoms with Gasteiger partial charge in [0.2, 0.25) is 11.8 Å². The molecule has 1 aromatic rings. The monoisotopic (exact) mass is 574 g/mol. The Kier molecular flexibility index (Phi) is 8.48. The smallest absolute Gasteiger partial charge is 0.339 e. The molecule has 1 saturated carbocycles. The van der Waals surface area contributed by atoms with Gasteiger partial charge in [0.15, 0.2) is 0 Å². The van der Waals surface area contributed by atoms with E-state index in [1.807, 2.05) is 13.8 Å². The number of fused-ring (bicyclic) bond motifs is 1. The van der Waals surface area contributed by atoms with E-state index < -0.39 is 35.2 Å². The Morgan fingerprint density at radius 3 is 2.59 bits per heavy atom. The largest absolute Gasteiger partial charge is 0.374 e. The summed E-state index contributed by atoms with van der Waals surface area (Å²) in [5, 5.41) is 7.75. The number of nitrogens with one attached hydrogen (secondary N) is 3. The van der Waals surface area contributed by atoms with Crippen molar-refractivity contribution in [2.45, 2.75) is 115 Å². The zero-order valence-electron chi connectivity index (χ0n) is 23.8. The summed E-state index contributed by atoms with van der Waals surface area (Å²) in [5.41, 5.74) is 0.940. The molecule has 1 aromatic carbocycles. The second kappa shape index (κ2) is 11.8. The molecule has 2 saturated heterocycles. The van der Waals surface area contributed by atoms with E-state index in [-0.39, 0.29) is 56.5 Å². The second-order valence-corrected chi connectivity index (χ2v) is 12.3. The Morgan fingerprint density at radius 1 is 1.17 bits per heavy atom. The van der Waals surface area contributed by atoms with Gasteiger partial charge in [0, 0.05) is 31.6 Å². The highest BCUT2D eigenvalue weighted by Crippen LogP contribution is 2.49. The zero-order valence-corrected chi connectivity index (χ0v) is 23.8. The molecule has 41 heavy (non-hydrogen) atoms. The van der Waals surface area contributed by atoms with Gasteiger partial charge in [0.25, 0.3) is 11.8 Å². The lowest BCUT2D eigenvalue weighted by Gasteiger charge is -2.49. The summed E-state index contributed by atoms with van der Waals surface area (Å²) in [6.45, 7) is 4.21. The Hall–Kier alpha value is -2.92. The molecule has 3 atom stereocenters. The van der Waals surface area contributed by atoms with Crippen molar-refractivity contribution in [1.29, 1.82) is 0 Å². The van der Waals surface area contributed by atoms with Crippen LogP contribution in [0.3, 0.4) is 0 Å². The number of amides is 4. The van der Waals surface area contributed by atoms with Crippen molar-refractivity contribution in [3.63, 3.8) is 0 Å². The maximum Gasteiger partial charge on any atom is 0.339 e. The van der Waals surface area contributed by atoms with E-state index >= 15 is 8.78 Å². The zero-order chi connectivity index (χ0) is 29.4. The summed E-state index contributed by atoms with van der Waals surface area (Å²) in [4.78, 5) is 51.2. The number of alkyl halides is 2. The average Bonchev–Trinajstić information content (AvgIpc) is 3.07. The van der Waals surface area contributed by atoms with E-state index in [0.717, 1.165) is 25.7 Å². The Labute approximate surface area is 239 Å². The third-order valence-corrected chi connectivity index (χ3v) is 9.07. The van der Waals surface area contributed by atoms with Crippen LogP contribution in [-0.4, -0.2) is 65.3 Å². The van der Waals surface area contributed by atoms with Gasteiger partial charge < -0.3 is 20.3 Å². The van der Waals surface area contributed by atoms with Gasteiger partial charge in [-0.15, -0.1) is 0 Å². The molecule has 4 aliphatic rings. The number of halogens is 2. The van der Waals surface area contributed by atoms with Crippen molar-refractivity contribution in [3.8, 4) is 0 Å². The molecule has 3 N–H and O–H groups in total. The molecule has 3 unspecified atom stereocenters. The molecule has 11 heteroatoms. The fourth-order valence-electron chi connectivity index (χ4n) is 7.20. The summed E-state index contributed by atoms with van der Waals surface area (Å²) in [6, 6.07) is 2.92. The van der Waals surface area contributed by atoms with Crippen molar-refractivity contribution in [3.05, 3.63) is 34.9 Å². The lowest BCUT2D eigenvalue weighted by atomic mass is 9.66. The molecule has 0 aromatic heterocycles. The number of piperidine rings is 2. The minimum Gasteiger partial charge on any atom is -0.374 e. The van der Waals surface area contributed by atoms with Gasteiger partial charge in [-0.05, 0) is 62.1 Å². The van der Waals surface area contributed by atoms with Gasteiger partial charge in [0.05, 0.1) is 18.2 Å². The van der Waals surface area contributed by atoms with E-state index in [9.17, 15) is 19.2 Å². The molecule has 9 nitrogen and oxygen atoms in total. The number of nitrogens with zero attached hydrogens (tertiary/aromatic N) is 1. The first-order chi connectivity index (χ1) is 19.5. The first-order valence-corrected chi connectivity index (χ1v) is 14.8. The number of ether oxygens (including phenoxy) is 1. The molecule has 224 valence electrons. The molecule has 3 fully saturated rings. The maximum absolute atomic E-state index is 15.9. The van der Waals surface area contributed by atoms with E-state index in [1.165, 1.54) is 4.90 Å². The van der Waals surface area contributed by atoms with Crippen molar-refractivity contribution in [2.75, 3.05) is 6.54 Å². The molecule has 3 aliphatic heterocycles. The topological polar surface area (TPSA) is 117 Å². The van der Waals surface area contributed by atoms with Gasteiger partial charge in [0.1, 0.15) is 6.04 Å². The number of hydrogen-bond donors (Lipinski definition) is 3. The van der Waals surface area contributed by atoms with E-state index in [0.29, 0.717) is 36.0 Å². The van der Waals surface area contributed by atoms with Gasteiger partial charge in [-0.2, -0.15) is 8.78 Å². The predicted octanol–water partition coefficient (Wildman–Crippen LogP) is 3.20. The standard InChI is InChI=1S/C30H40F2N4O5/c1-18(2)41-21-14-29(11-5-3-4-6-12-29)27(33-16-21)30(31,32)28(40)34-15-19-7-8-22-20(13-19)17-36(26(22)39)23-9-10-24(37)35-25(23)38/h7-8,13,18,21,23,27,33H,3-6,9-12,14-17H2,1-2H3,(H,34,40)(H,35,37,38). The van der Waals surface area contributed by atoms with Gasteiger partial charge in [-0.1, -0.05) is 37.8 Å². The first-order valence-electron chi connectivity index (χ1n) is 14.8. The van der Waals surface area contributed by atoms with Crippen molar-refractivity contribution >= 4 is 23.6 Å². The van der Waals surface area contributed by atoms with Gasteiger partial charge in [-0.3, -0.25) is 24.5 Å². The van der Waals surface area contributed by atoms with E-state index in [4.69, 9.17) is 4.74 Å². The molecule has 4 amide bonds. The van der Waals surface area contributed by atoms with Crippen molar-refractivity contribution in [2.24, 2.45) is 5.41 Å². The average molecular weight is 575 g/mol. The number of benzene rings is 1. The highest BCUT2D eigenvalue weighted by atomic mass is 19.3. The number of imide groups is 1. The predicted molar refractivity (Wildman–Crippen MR) is 146 cm³/mol. The molecular formula is C30H40F2N4O5. The fourth-order valence-corrected chi connectivity index (χ4v) is 7.20. The third-order valence-electron chi connectivity index (χ3n) is 9.07. The molecular weight excluding hydrogens is 534 g/mol. The van der Waals surface area contributed by atoms with Crippen LogP contribution in [0.5, 0.6) is 0 Å². The molecule has 5 rings (SSSR count). The summed E-state index contributed by atoms with van der Waals surface area (Å²) in [7, 11) is 0. The molecule has 0 radical (unpaired) electrons. The Morgan fingerprint density at radius 2 is 1.90 bits per heavy atom. The quantitative estimate of drug-likeness (QED) is 0.431. The lowest BCUT2D eigenvalue weighted by Crippen LogP contribution is -2.66. The van der Waals surface area contributed by atoms with Crippen molar-refractivity contribution in [1.82, 2.24) is 20.9 Å². The summed E-state index contributed by atoms with van der Waals surface area (Å²) in [6.07, 6.45) is 5.72. The van der Waals surface area contributed by atoms with Crippen molar-refractivity contribution < 1.29 is 32.7 Å². The summed E-state index contributed by atoms with van der Waals surface area (Å²) < 4.78 is 37.9. The highest BCUT2D eigenvalue weighted by Gasteiger charge is 2.59. The summed E-state index contributed by atoms with van der Waals surface area (Å²) in [5.74, 6) is -6.11. The SMILES string of the molecule is CC(C)OC1CNC(C(F)(F)C(=O)NCc2ccc3c(c2)CN(C2CCC(=O)NC2=O)C3=O)C2(CCCCCC2)C1. The van der Waals surface area contributed by atoms with Crippen LogP contribution < -0.4 is 16.0 Å². The maximum atomic E-state index is 15.9. The highest BCUT2D eigenvalue weighted by molar-refractivity contribution is 6.05. The number of carbonyl (C=O) groups excluding carboxylic acids is 4. The van der Waals surface area contributed by atoms with Crippen LogP contribution in [0, 0.1) is 5.41 Å². The minimum atomic E-state index is -3.62. The first kappa shape index (κ1) is 29.6.